The number of ether oxygens (including phenoxy) is 3. The molecule has 5 rings (SSSR count). The van der Waals surface area contributed by atoms with Crippen LogP contribution in [0.3, 0.4) is 0 Å². The number of nitrogens with one attached hydrogen (secondary N) is 2. The molecule has 3 aromatic carbocycles. The Morgan fingerprint density at radius 3 is 2.25 bits per heavy atom. The topological polar surface area (TPSA) is 85.9 Å². The molecule has 0 saturated heterocycles. The van der Waals surface area contributed by atoms with Crippen molar-refractivity contribution in [2.75, 3.05) is 26.6 Å². The number of hydrogen-bond acceptors (Lipinski definition) is 6. The molecular formula is C32H31FN2O5. The van der Waals surface area contributed by atoms with E-state index in [4.69, 9.17) is 14.2 Å². The molecule has 7 nitrogen and oxygen atoms in total. The second kappa shape index (κ2) is 11.3. The van der Waals surface area contributed by atoms with Gasteiger partial charge in [-0.3, -0.25) is 9.59 Å². The van der Waals surface area contributed by atoms with E-state index in [1.165, 1.54) is 19.2 Å². The van der Waals surface area contributed by atoms with Crippen LogP contribution >= 0.6 is 0 Å². The summed E-state index contributed by atoms with van der Waals surface area (Å²) in [5.74, 6) is 0.140. The SMILES string of the molecule is COc1ccccc1NC(=O)C1=C(C)NC2=C(C(=O)C[C@@H](c3ccc(OC)c(OC)c3)C2)[C@H]1c1ccc(F)cc1. The summed E-state index contributed by atoms with van der Waals surface area (Å²) in [4.78, 5) is 27.7. The number of carbonyl (C=O) groups excluding carboxylic acids is 2. The van der Waals surface area contributed by atoms with E-state index in [9.17, 15) is 14.0 Å². The van der Waals surface area contributed by atoms with Crippen molar-refractivity contribution < 1.29 is 28.2 Å². The van der Waals surface area contributed by atoms with Gasteiger partial charge in [0.25, 0.3) is 5.91 Å². The number of dihydropyridines is 1. The van der Waals surface area contributed by atoms with Crippen molar-refractivity contribution in [1.29, 1.82) is 0 Å². The van der Waals surface area contributed by atoms with Crippen LogP contribution in [-0.4, -0.2) is 33.0 Å². The monoisotopic (exact) mass is 542 g/mol. The molecule has 1 aliphatic carbocycles. The second-order valence-corrected chi connectivity index (χ2v) is 9.84. The minimum absolute atomic E-state index is 0.0713. The molecule has 0 spiro atoms. The minimum atomic E-state index is -0.662. The molecule has 2 N–H and O–H groups in total. The average Bonchev–Trinajstić information content (AvgIpc) is 2.96. The normalized spacial score (nSPS) is 18.6. The molecule has 206 valence electrons. The van der Waals surface area contributed by atoms with Gasteiger partial charge in [0.05, 0.1) is 27.0 Å². The zero-order valence-electron chi connectivity index (χ0n) is 22.8. The molecule has 40 heavy (non-hydrogen) atoms. The summed E-state index contributed by atoms with van der Waals surface area (Å²) in [5, 5.41) is 6.32. The number of anilines is 1. The standard InChI is InChI=1S/C32H31FN2O5/c1-18-29(32(37)35-23-7-5-6-8-26(23)38-2)30(19-9-12-22(33)13-10-19)31-24(34-18)15-21(16-25(31)36)20-11-14-27(39-3)28(17-20)40-4/h5-14,17,21,30,34H,15-16H2,1-4H3,(H,35,37)/t21-,30-/m0/s1. The predicted octanol–water partition coefficient (Wildman–Crippen LogP) is 5.85. The highest BCUT2D eigenvalue weighted by Gasteiger charge is 2.41. The third-order valence-electron chi connectivity index (χ3n) is 7.51. The van der Waals surface area contributed by atoms with Gasteiger partial charge in [-0.15, -0.1) is 0 Å². The lowest BCUT2D eigenvalue weighted by atomic mass is 9.71. The molecule has 2 atom stereocenters. The summed E-state index contributed by atoms with van der Waals surface area (Å²) in [6.45, 7) is 1.82. The van der Waals surface area contributed by atoms with Crippen molar-refractivity contribution in [2.24, 2.45) is 0 Å². The van der Waals surface area contributed by atoms with Gasteiger partial charge in [0.15, 0.2) is 17.3 Å². The third-order valence-corrected chi connectivity index (χ3v) is 7.51. The van der Waals surface area contributed by atoms with Crippen molar-refractivity contribution in [1.82, 2.24) is 5.32 Å². The molecule has 2 aliphatic rings. The lowest BCUT2D eigenvalue weighted by Gasteiger charge is -2.37. The number of methoxy groups -OCH3 is 3. The number of ketones is 1. The van der Waals surface area contributed by atoms with Crippen molar-refractivity contribution in [3.05, 3.63) is 106 Å². The molecule has 0 radical (unpaired) electrons. The van der Waals surface area contributed by atoms with E-state index in [1.54, 1.807) is 44.6 Å². The second-order valence-electron chi connectivity index (χ2n) is 9.84. The van der Waals surface area contributed by atoms with Crippen LogP contribution in [0.2, 0.25) is 0 Å². The molecule has 0 fully saturated rings. The van der Waals surface area contributed by atoms with Crippen LogP contribution in [0.4, 0.5) is 10.1 Å². The highest BCUT2D eigenvalue weighted by Crippen LogP contribution is 2.46. The average molecular weight is 543 g/mol. The van der Waals surface area contributed by atoms with Gasteiger partial charge in [-0.2, -0.15) is 0 Å². The summed E-state index contributed by atoms with van der Waals surface area (Å²) in [6.07, 6.45) is 0.821. The van der Waals surface area contributed by atoms with E-state index in [1.807, 2.05) is 31.2 Å². The lowest BCUT2D eigenvalue weighted by Crippen LogP contribution is -2.37. The number of carbonyl (C=O) groups is 2. The van der Waals surface area contributed by atoms with Crippen molar-refractivity contribution in [3.8, 4) is 17.2 Å². The highest BCUT2D eigenvalue weighted by atomic mass is 19.1. The maximum Gasteiger partial charge on any atom is 0.254 e. The summed E-state index contributed by atoms with van der Waals surface area (Å²) >= 11 is 0. The first kappa shape index (κ1) is 27.0. The van der Waals surface area contributed by atoms with Crippen molar-refractivity contribution in [2.45, 2.75) is 31.6 Å². The van der Waals surface area contributed by atoms with Crippen LogP contribution in [0, 0.1) is 5.82 Å². The number of halogens is 1. The van der Waals surface area contributed by atoms with Crippen molar-refractivity contribution in [3.63, 3.8) is 0 Å². The smallest absolute Gasteiger partial charge is 0.254 e. The fraction of sp³-hybridized carbons (Fsp3) is 0.250. The van der Waals surface area contributed by atoms with Crippen molar-refractivity contribution >= 4 is 17.4 Å². The molecule has 0 bridgehead atoms. The number of allylic oxidation sites excluding steroid dienone is 3. The summed E-state index contributed by atoms with van der Waals surface area (Å²) in [5.41, 5.74) is 4.44. The van der Waals surface area contributed by atoms with E-state index in [0.29, 0.717) is 51.8 Å². The first-order valence-corrected chi connectivity index (χ1v) is 13.0. The third kappa shape index (κ3) is 5.04. The number of Topliss-reactive ketones (excluding diaryl/α,β-unsaturated/α-hetero) is 1. The van der Waals surface area contributed by atoms with Crippen LogP contribution in [0.1, 0.15) is 42.7 Å². The first-order chi connectivity index (χ1) is 19.3. The van der Waals surface area contributed by atoms with Gasteiger partial charge < -0.3 is 24.8 Å². The Labute approximate surface area is 232 Å². The minimum Gasteiger partial charge on any atom is -0.495 e. The van der Waals surface area contributed by atoms with Gasteiger partial charge in [0.1, 0.15) is 11.6 Å². The predicted molar refractivity (Wildman–Crippen MR) is 150 cm³/mol. The molecule has 1 heterocycles. The van der Waals surface area contributed by atoms with Crippen LogP contribution < -0.4 is 24.8 Å². The fourth-order valence-corrected chi connectivity index (χ4v) is 5.61. The van der Waals surface area contributed by atoms with Crippen LogP contribution in [0.15, 0.2) is 89.3 Å². The number of para-hydroxylation sites is 2. The maximum absolute atomic E-state index is 13.9. The zero-order valence-corrected chi connectivity index (χ0v) is 22.8. The van der Waals surface area contributed by atoms with Gasteiger partial charge in [-0.25, -0.2) is 4.39 Å². The molecule has 1 amide bonds. The molecule has 1 aliphatic heterocycles. The van der Waals surface area contributed by atoms with Gasteiger partial charge in [-0.05, 0) is 66.8 Å². The Hall–Kier alpha value is -4.59. The molecule has 3 aromatic rings. The van der Waals surface area contributed by atoms with Gasteiger partial charge in [-0.1, -0.05) is 30.3 Å². The summed E-state index contributed by atoms with van der Waals surface area (Å²) in [7, 11) is 4.69. The molecule has 0 unspecified atom stereocenters. The number of rotatable bonds is 7. The largest absolute Gasteiger partial charge is 0.495 e. The Morgan fingerprint density at radius 1 is 0.875 bits per heavy atom. The number of hydrogen-bond donors (Lipinski definition) is 2. The summed E-state index contributed by atoms with van der Waals surface area (Å²) < 4.78 is 30.2. The van der Waals surface area contributed by atoms with Crippen LogP contribution in [0.25, 0.3) is 0 Å². The van der Waals surface area contributed by atoms with Crippen LogP contribution in [-0.2, 0) is 9.59 Å². The van der Waals surface area contributed by atoms with E-state index >= 15 is 0 Å². The Kier molecular flexibility index (Phi) is 7.60. The lowest BCUT2D eigenvalue weighted by molar-refractivity contribution is -0.116. The molecule has 8 heteroatoms. The first-order valence-electron chi connectivity index (χ1n) is 13.0. The van der Waals surface area contributed by atoms with Gasteiger partial charge >= 0.3 is 0 Å². The quantitative estimate of drug-likeness (QED) is 0.390. The van der Waals surface area contributed by atoms with Gasteiger partial charge in [0.2, 0.25) is 0 Å². The highest BCUT2D eigenvalue weighted by molar-refractivity contribution is 6.10. The summed E-state index contributed by atoms with van der Waals surface area (Å²) in [6, 6.07) is 18.8. The Bertz CT molecular complexity index is 1530. The van der Waals surface area contributed by atoms with Crippen LogP contribution in [0.5, 0.6) is 17.2 Å². The molecule has 0 saturated carbocycles. The molecular weight excluding hydrogens is 511 g/mol. The van der Waals surface area contributed by atoms with E-state index in [2.05, 4.69) is 10.6 Å². The molecule has 0 aromatic heterocycles. The zero-order chi connectivity index (χ0) is 28.4. The number of benzene rings is 3. The maximum atomic E-state index is 13.9. The number of amides is 1. The van der Waals surface area contributed by atoms with E-state index in [-0.39, 0.29) is 24.0 Å². The Morgan fingerprint density at radius 2 is 1.55 bits per heavy atom. The van der Waals surface area contributed by atoms with E-state index in [0.717, 1.165) is 11.3 Å². The van der Waals surface area contributed by atoms with Gasteiger partial charge in [0, 0.05) is 34.9 Å². The Balaban J connectivity index is 1.54. The van der Waals surface area contributed by atoms with E-state index < -0.39 is 11.7 Å². The fourth-order valence-electron chi connectivity index (χ4n) is 5.61.